The van der Waals surface area contributed by atoms with Gasteiger partial charge in [-0.15, -0.1) is 0 Å². The van der Waals surface area contributed by atoms with Crippen LogP contribution in [-0.4, -0.2) is 25.3 Å². The van der Waals surface area contributed by atoms with Crippen LogP contribution in [-0.2, 0) is 15.4 Å². The molecule has 0 radical (unpaired) electrons. The van der Waals surface area contributed by atoms with E-state index in [0.717, 1.165) is 24.8 Å². The van der Waals surface area contributed by atoms with Crippen molar-refractivity contribution in [1.82, 2.24) is 4.31 Å². The van der Waals surface area contributed by atoms with Gasteiger partial charge in [0.1, 0.15) is 0 Å². The first kappa shape index (κ1) is 21.2. The maximum Gasteiger partial charge on any atom is 0.243 e. The number of fused-ring (bicyclic) bond motifs is 1. The molecule has 3 nitrogen and oxygen atoms in total. The van der Waals surface area contributed by atoms with Crippen molar-refractivity contribution in [3.8, 4) is 0 Å². The Bertz CT molecular complexity index is 1160. The van der Waals surface area contributed by atoms with E-state index in [-0.39, 0.29) is 17.4 Å². The number of aryl methyl sites for hydroxylation is 1. The molecule has 3 aromatic carbocycles. The largest absolute Gasteiger partial charge is 0.243 e. The van der Waals surface area contributed by atoms with E-state index in [0.29, 0.717) is 11.4 Å². The molecule has 1 fully saturated rings. The molecule has 3 aromatic rings. The van der Waals surface area contributed by atoms with Crippen molar-refractivity contribution in [3.05, 3.63) is 114 Å². The summed E-state index contributed by atoms with van der Waals surface area (Å²) >= 11 is 0. The van der Waals surface area contributed by atoms with Gasteiger partial charge in [-0.05, 0) is 55.4 Å². The first-order chi connectivity index (χ1) is 15.5. The minimum Gasteiger partial charge on any atom is -0.207 e. The lowest BCUT2D eigenvalue weighted by molar-refractivity contribution is 0.342. The fourth-order valence-electron chi connectivity index (χ4n) is 5.64. The van der Waals surface area contributed by atoms with Crippen molar-refractivity contribution in [2.24, 2.45) is 5.92 Å². The van der Waals surface area contributed by atoms with E-state index in [9.17, 15) is 8.42 Å². The molecule has 0 aromatic heterocycles. The monoisotopic (exact) mass is 443 g/mol. The molecule has 2 atom stereocenters. The number of hydrogen-bond acceptors (Lipinski definition) is 2. The van der Waals surface area contributed by atoms with E-state index in [1.54, 1.807) is 16.4 Å². The fourth-order valence-corrected chi connectivity index (χ4v) is 7.30. The molecule has 1 aliphatic carbocycles. The zero-order valence-electron chi connectivity index (χ0n) is 18.4. The molecule has 164 valence electrons. The number of benzene rings is 3. The summed E-state index contributed by atoms with van der Waals surface area (Å²) in [6.45, 7) is 2.42. The van der Waals surface area contributed by atoms with E-state index in [4.69, 9.17) is 0 Å². The number of nitrogens with zero attached hydrogens (tertiary/aromatic N) is 1. The lowest BCUT2D eigenvalue weighted by Crippen LogP contribution is -2.38. The van der Waals surface area contributed by atoms with Crippen molar-refractivity contribution in [2.45, 2.75) is 42.5 Å². The number of allylic oxidation sites excluding steroid dienone is 1. The normalized spacial score (nSPS) is 22.9. The van der Waals surface area contributed by atoms with Crippen LogP contribution in [0.2, 0.25) is 0 Å². The molecule has 0 amide bonds. The average molecular weight is 444 g/mol. The van der Waals surface area contributed by atoms with E-state index >= 15 is 0 Å². The van der Waals surface area contributed by atoms with Gasteiger partial charge in [0.2, 0.25) is 10.0 Å². The van der Waals surface area contributed by atoms with E-state index < -0.39 is 10.0 Å². The maximum absolute atomic E-state index is 14.0. The Morgan fingerprint density at radius 2 is 1.44 bits per heavy atom. The zero-order chi connectivity index (χ0) is 22.2. The SMILES string of the molecule is Cc1ccc(S(=O)(=O)N2CC(c3ccccc3)(c3ccccc3)[C@@H]3CCCC=C[C@@H]32)cc1. The Hall–Kier alpha value is -2.69. The molecule has 4 heteroatoms. The van der Waals surface area contributed by atoms with Gasteiger partial charge in [-0.3, -0.25) is 0 Å². The Morgan fingerprint density at radius 3 is 2.03 bits per heavy atom. The van der Waals surface area contributed by atoms with Crippen LogP contribution in [0.25, 0.3) is 0 Å². The molecule has 0 N–H and O–H groups in total. The van der Waals surface area contributed by atoms with Gasteiger partial charge in [-0.25, -0.2) is 8.42 Å². The fraction of sp³-hybridized carbons (Fsp3) is 0.286. The highest BCUT2D eigenvalue weighted by atomic mass is 32.2. The van der Waals surface area contributed by atoms with Gasteiger partial charge in [-0.1, -0.05) is 90.5 Å². The summed E-state index contributed by atoms with van der Waals surface area (Å²) in [5.74, 6) is 0.172. The molecule has 1 aliphatic heterocycles. The minimum atomic E-state index is -3.65. The summed E-state index contributed by atoms with van der Waals surface area (Å²) < 4.78 is 29.7. The smallest absolute Gasteiger partial charge is 0.207 e. The van der Waals surface area contributed by atoms with Crippen LogP contribution < -0.4 is 0 Å². The Balaban J connectivity index is 1.72. The third-order valence-electron chi connectivity index (χ3n) is 7.21. The summed E-state index contributed by atoms with van der Waals surface area (Å²) in [6.07, 6.45) is 7.37. The maximum atomic E-state index is 14.0. The van der Waals surface area contributed by atoms with Gasteiger partial charge in [0.15, 0.2) is 0 Å². The zero-order valence-corrected chi connectivity index (χ0v) is 19.2. The van der Waals surface area contributed by atoms with Crippen molar-refractivity contribution in [3.63, 3.8) is 0 Å². The predicted octanol–water partition coefficient (Wildman–Crippen LogP) is 5.71. The number of hydrogen-bond donors (Lipinski definition) is 0. The number of rotatable bonds is 4. The Morgan fingerprint density at radius 1 is 0.844 bits per heavy atom. The highest BCUT2D eigenvalue weighted by Crippen LogP contribution is 2.52. The average Bonchev–Trinajstić information content (AvgIpc) is 2.97. The molecule has 2 aliphatic rings. The predicted molar refractivity (Wildman–Crippen MR) is 129 cm³/mol. The standard InChI is InChI=1S/C28H29NO2S/c1-22-17-19-25(20-18-22)32(30,31)29-21-28(23-11-5-2-6-12-23,24-13-7-3-8-14-24)26-15-9-4-10-16-27(26)29/h2-3,5-8,10-14,16-20,26-27H,4,9,15,21H2,1H3/t26-,27+/m1/s1. The van der Waals surface area contributed by atoms with Crippen molar-refractivity contribution < 1.29 is 8.42 Å². The van der Waals surface area contributed by atoms with Gasteiger partial charge in [0.05, 0.1) is 4.90 Å². The lowest BCUT2D eigenvalue weighted by atomic mass is 9.65. The highest BCUT2D eigenvalue weighted by molar-refractivity contribution is 7.89. The van der Waals surface area contributed by atoms with Crippen LogP contribution in [0.5, 0.6) is 0 Å². The molecule has 1 heterocycles. The minimum absolute atomic E-state index is 0.163. The molecule has 0 bridgehead atoms. The molecule has 5 rings (SSSR count). The van der Waals surface area contributed by atoms with Gasteiger partial charge in [0, 0.05) is 18.0 Å². The third-order valence-corrected chi connectivity index (χ3v) is 9.07. The van der Waals surface area contributed by atoms with Gasteiger partial charge >= 0.3 is 0 Å². The second-order valence-electron chi connectivity index (χ2n) is 9.02. The van der Waals surface area contributed by atoms with Gasteiger partial charge < -0.3 is 0 Å². The van der Waals surface area contributed by atoms with Crippen LogP contribution in [0, 0.1) is 12.8 Å². The van der Waals surface area contributed by atoms with E-state index in [1.807, 2.05) is 31.2 Å². The van der Waals surface area contributed by atoms with Gasteiger partial charge in [0.25, 0.3) is 0 Å². The van der Waals surface area contributed by atoms with Crippen LogP contribution in [0.3, 0.4) is 0 Å². The van der Waals surface area contributed by atoms with E-state index in [2.05, 4.69) is 60.7 Å². The van der Waals surface area contributed by atoms with Gasteiger partial charge in [-0.2, -0.15) is 4.31 Å². The van der Waals surface area contributed by atoms with Crippen LogP contribution >= 0.6 is 0 Å². The third kappa shape index (κ3) is 3.42. The molecular formula is C28H29NO2S. The topological polar surface area (TPSA) is 37.4 Å². The van der Waals surface area contributed by atoms with Crippen molar-refractivity contribution >= 4 is 10.0 Å². The second kappa shape index (κ2) is 8.34. The summed E-state index contributed by atoms with van der Waals surface area (Å²) in [4.78, 5) is 0.372. The Kier molecular flexibility index (Phi) is 5.52. The quantitative estimate of drug-likeness (QED) is 0.484. The first-order valence-corrected chi connectivity index (χ1v) is 12.8. The van der Waals surface area contributed by atoms with Crippen molar-refractivity contribution in [1.29, 1.82) is 0 Å². The highest BCUT2D eigenvalue weighted by Gasteiger charge is 2.56. The second-order valence-corrected chi connectivity index (χ2v) is 10.9. The summed E-state index contributed by atoms with van der Waals surface area (Å²) in [5.41, 5.74) is 3.05. The summed E-state index contributed by atoms with van der Waals surface area (Å²) in [5, 5.41) is 0. The molecule has 32 heavy (non-hydrogen) atoms. The van der Waals surface area contributed by atoms with Crippen LogP contribution in [0.4, 0.5) is 0 Å². The molecule has 0 saturated carbocycles. The van der Waals surface area contributed by atoms with Crippen LogP contribution in [0.1, 0.15) is 36.0 Å². The molecule has 0 unspecified atom stereocenters. The molecular weight excluding hydrogens is 414 g/mol. The Labute approximate surface area is 191 Å². The van der Waals surface area contributed by atoms with Crippen molar-refractivity contribution in [2.75, 3.05) is 6.54 Å². The summed E-state index contributed by atoms with van der Waals surface area (Å²) in [7, 11) is -3.65. The number of sulfonamides is 1. The van der Waals surface area contributed by atoms with Crippen LogP contribution in [0.15, 0.2) is 102 Å². The first-order valence-electron chi connectivity index (χ1n) is 11.4. The van der Waals surface area contributed by atoms with E-state index in [1.165, 1.54) is 11.1 Å². The lowest BCUT2D eigenvalue weighted by Gasteiger charge is -2.37. The summed E-state index contributed by atoms with van der Waals surface area (Å²) in [6, 6.07) is 28.1. The molecule has 0 spiro atoms. The molecule has 1 saturated heterocycles.